The number of hydrogen-bond acceptors (Lipinski definition) is 9. The number of carbonyl (C=O) groups excluding carboxylic acids is 3. The Morgan fingerprint density at radius 3 is 2.17 bits per heavy atom. The first-order chi connectivity index (χ1) is 24.6. The summed E-state index contributed by atoms with van der Waals surface area (Å²) < 4.78 is 24.0. The fourth-order valence-electron chi connectivity index (χ4n) is 7.20. The van der Waals surface area contributed by atoms with Crippen molar-refractivity contribution >= 4 is 23.5 Å². The van der Waals surface area contributed by atoms with E-state index in [2.05, 4.69) is 65.1 Å². The second-order valence-electron chi connectivity index (χ2n) is 15.0. The van der Waals surface area contributed by atoms with Crippen LogP contribution in [0.3, 0.4) is 0 Å². The van der Waals surface area contributed by atoms with Gasteiger partial charge in [-0.15, -0.1) is 0 Å². The maximum absolute atomic E-state index is 14.3. The van der Waals surface area contributed by atoms with Crippen LogP contribution in [0.1, 0.15) is 132 Å². The lowest BCUT2D eigenvalue weighted by molar-refractivity contribution is -0.384. The van der Waals surface area contributed by atoms with E-state index in [9.17, 15) is 24.5 Å². The molecule has 278 valence electrons. The molecule has 1 saturated carbocycles. The van der Waals surface area contributed by atoms with Gasteiger partial charge in [-0.05, 0) is 83.9 Å². The Morgan fingerprint density at radius 2 is 1.56 bits per heavy atom. The minimum atomic E-state index is -0.617. The molecule has 0 aliphatic heterocycles. The van der Waals surface area contributed by atoms with E-state index in [1.54, 1.807) is 6.07 Å². The lowest BCUT2D eigenvalue weighted by Gasteiger charge is -2.30. The molecule has 0 radical (unpaired) electrons. The van der Waals surface area contributed by atoms with E-state index in [-0.39, 0.29) is 57.7 Å². The zero-order chi connectivity index (χ0) is 38.0. The van der Waals surface area contributed by atoms with Gasteiger partial charge in [0.05, 0.1) is 17.1 Å². The molecule has 1 fully saturated rings. The predicted molar refractivity (Wildman–Crippen MR) is 197 cm³/mol. The zero-order valence-electron chi connectivity index (χ0n) is 31.4. The highest BCUT2D eigenvalue weighted by Gasteiger charge is 2.51. The highest BCUT2D eigenvalue weighted by atomic mass is 16.6. The fourth-order valence-corrected chi connectivity index (χ4v) is 7.20. The van der Waals surface area contributed by atoms with Gasteiger partial charge in [-0.2, -0.15) is 0 Å². The van der Waals surface area contributed by atoms with Crippen molar-refractivity contribution in [3.8, 4) is 23.0 Å². The average Bonchev–Trinajstić information content (AvgIpc) is 3.62. The van der Waals surface area contributed by atoms with E-state index in [0.717, 1.165) is 36.1 Å². The topological polar surface area (TPSA) is 143 Å². The van der Waals surface area contributed by atoms with Gasteiger partial charge in [-0.3, -0.25) is 24.5 Å². The molecule has 1 N–H and O–H groups in total. The summed E-state index contributed by atoms with van der Waals surface area (Å²) in [5.74, 6) is -0.851. The van der Waals surface area contributed by atoms with Crippen molar-refractivity contribution in [2.24, 2.45) is 0 Å². The van der Waals surface area contributed by atoms with Crippen LogP contribution in [0.5, 0.6) is 23.0 Å². The Labute approximate surface area is 305 Å². The number of amides is 1. The van der Waals surface area contributed by atoms with Crippen LogP contribution in [-0.2, 0) is 25.2 Å². The molecular formula is C41H50N2O9. The Bertz CT molecular complexity index is 1850. The number of carbonyl (C=O) groups is 3. The van der Waals surface area contributed by atoms with Crippen LogP contribution < -0.4 is 19.5 Å². The summed E-state index contributed by atoms with van der Waals surface area (Å²) in [5.41, 5.74) is 3.86. The van der Waals surface area contributed by atoms with Crippen LogP contribution in [0, 0.1) is 10.1 Å². The van der Waals surface area contributed by atoms with Gasteiger partial charge in [0.2, 0.25) is 0 Å². The lowest BCUT2D eigenvalue weighted by Crippen LogP contribution is -2.28. The van der Waals surface area contributed by atoms with Crippen molar-refractivity contribution in [3.05, 3.63) is 86.5 Å². The average molecular weight is 715 g/mol. The first-order valence-corrected chi connectivity index (χ1v) is 18.1. The van der Waals surface area contributed by atoms with Gasteiger partial charge in [-0.1, -0.05) is 53.7 Å². The van der Waals surface area contributed by atoms with Crippen LogP contribution in [0.4, 0.5) is 5.69 Å². The van der Waals surface area contributed by atoms with Gasteiger partial charge in [0.15, 0.2) is 11.5 Å². The van der Waals surface area contributed by atoms with Crippen molar-refractivity contribution in [1.82, 2.24) is 5.32 Å². The summed E-state index contributed by atoms with van der Waals surface area (Å²) in [4.78, 5) is 49.4. The van der Waals surface area contributed by atoms with Gasteiger partial charge < -0.3 is 24.3 Å². The number of nitro groups is 1. The summed E-state index contributed by atoms with van der Waals surface area (Å²) in [6.45, 7) is 16.5. The first-order valence-electron chi connectivity index (χ1n) is 18.1. The number of nitrogens with zero attached hydrogens (tertiary/aromatic N) is 1. The van der Waals surface area contributed by atoms with Crippen LogP contribution in [-0.4, -0.2) is 42.0 Å². The van der Waals surface area contributed by atoms with E-state index in [1.807, 2.05) is 0 Å². The normalized spacial score (nSPS) is 17.7. The largest absolute Gasteiger partial charge is 0.493 e. The van der Waals surface area contributed by atoms with Gasteiger partial charge in [0.1, 0.15) is 17.6 Å². The van der Waals surface area contributed by atoms with Crippen LogP contribution in [0.2, 0.25) is 0 Å². The third-order valence-corrected chi connectivity index (χ3v) is 10.8. The second-order valence-corrected chi connectivity index (χ2v) is 15.0. The number of ether oxygens (including phenoxy) is 4. The number of non-ortho nitro benzene ring substituents is 1. The fraction of sp³-hybridized carbons (Fsp3) is 0.488. The smallest absolute Gasteiger partial charge is 0.308 e. The molecular weight excluding hydrogens is 664 g/mol. The highest BCUT2D eigenvalue weighted by molar-refractivity contribution is 6.01. The number of esters is 2. The van der Waals surface area contributed by atoms with Gasteiger partial charge >= 0.3 is 11.9 Å². The monoisotopic (exact) mass is 714 g/mol. The predicted octanol–water partition coefficient (Wildman–Crippen LogP) is 8.79. The molecule has 2 aliphatic carbocycles. The van der Waals surface area contributed by atoms with Crippen molar-refractivity contribution in [2.45, 2.75) is 116 Å². The molecule has 3 unspecified atom stereocenters. The molecule has 2 aliphatic rings. The molecule has 52 heavy (non-hydrogen) atoms. The second kappa shape index (κ2) is 15.4. The molecule has 0 spiro atoms. The molecule has 11 nitrogen and oxygen atoms in total. The van der Waals surface area contributed by atoms with E-state index < -0.39 is 28.9 Å². The number of hydrogen-bond donors (Lipinski definition) is 1. The molecule has 5 rings (SSSR count). The van der Waals surface area contributed by atoms with E-state index in [0.29, 0.717) is 25.0 Å². The summed E-state index contributed by atoms with van der Waals surface area (Å²) in [6.07, 6.45) is 3.42. The Hall–Kier alpha value is -4.93. The highest BCUT2D eigenvalue weighted by Crippen LogP contribution is 2.59. The Kier molecular flexibility index (Phi) is 11.3. The molecule has 3 aromatic rings. The third kappa shape index (κ3) is 7.93. The van der Waals surface area contributed by atoms with Crippen LogP contribution in [0.25, 0.3) is 0 Å². The molecule has 3 aromatic carbocycles. The van der Waals surface area contributed by atoms with E-state index >= 15 is 0 Å². The minimum absolute atomic E-state index is 0.00668. The molecule has 3 atom stereocenters. The number of nitro benzene ring substituents is 1. The molecule has 0 heterocycles. The number of nitrogens with one attached hydrogen (secondary N) is 1. The SMILES string of the molecule is CCC(C)(C)c1ccc(OCCCNC(=O)c2c(Oc3ccc([N+](=O)[O-])cc3)c(OC(C)=O)cc3c2C2CCC3C2OC(C)=O)c(C(C)(C)CC)c1. The summed E-state index contributed by atoms with van der Waals surface area (Å²) in [7, 11) is 0. The lowest BCUT2D eigenvalue weighted by atomic mass is 9.76. The molecule has 11 heteroatoms. The summed E-state index contributed by atoms with van der Waals surface area (Å²) in [6, 6.07) is 13.6. The Morgan fingerprint density at radius 1 is 0.885 bits per heavy atom. The van der Waals surface area contributed by atoms with Crippen LogP contribution in [0.15, 0.2) is 48.5 Å². The van der Waals surface area contributed by atoms with E-state index in [4.69, 9.17) is 18.9 Å². The van der Waals surface area contributed by atoms with Crippen molar-refractivity contribution in [1.29, 1.82) is 0 Å². The van der Waals surface area contributed by atoms with Gasteiger partial charge in [0.25, 0.3) is 11.6 Å². The quantitative estimate of drug-likeness (QED) is 0.0537. The number of benzene rings is 3. The van der Waals surface area contributed by atoms with Gasteiger partial charge in [-0.25, -0.2) is 0 Å². The van der Waals surface area contributed by atoms with Crippen LogP contribution >= 0.6 is 0 Å². The molecule has 2 bridgehead atoms. The zero-order valence-corrected chi connectivity index (χ0v) is 31.4. The van der Waals surface area contributed by atoms with Crippen molar-refractivity contribution in [2.75, 3.05) is 13.2 Å². The van der Waals surface area contributed by atoms with Crippen molar-refractivity contribution < 1.29 is 38.3 Å². The maximum Gasteiger partial charge on any atom is 0.308 e. The number of rotatable bonds is 15. The molecule has 1 amide bonds. The standard InChI is InChI=1S/C41H50N2O9/c1-9-40(5,6)26-12-19-33(32(22-26)41(7,8)10-2)49-21-11-20-42-39(46)36-35-30-18-17-29(37(30)51-25(4)45)31(35)23-34(50-24(3)44)38(36)52-28-15-13-27(14-16-28)43(47)48/h12-16,19,22-23,29-30,37H,9-11,17-18,20-21H2,1-8H3,(H,42,46). The third-order valence-electron chi connectivity index (χ3n) is 10.8. The number of fused-ring (bicyclic) bond motifs is 5. The van der Waals surface area contributed by atoms with E-state index in [1.165, 1.54) is 43.7 Å². The molecule has 0 aromatic heterocycles. The summed E-state index contributed by atoms with van der Waals surface area (Å²) in [5, 5.41) is 14.3. The maximum atomic E-state index is 14.3. The molecule has 0 saturated heterocycles. The van der Waals surface area contributed by atoms with Gasteiger partial charge in [0, 0.05) is 49.9 Å². The summed E-state index contributed by atoms with van der Waals surface area (Å²) >= 11 is 0. The Balaban J connectivity index is 1.42. The first kappa shape index (κ1) is 38.3. The van der Waals surface area contributed by atoms with Crippen molar-refractivity contribution in [3.63, 3.8) is 0 Å². The minimum Gasteiger partial charge on any atom is -0.493 e.